The Morgan fingerprint density at radius 1 is 1.07 bits per heavy atom. The average Bonchev–Trinajstić information content (AvgIpc) is 2.66. The zero-order valence-electron chi connectivity index (χ0n) is 15.8. The Balaban J connectivity index is 1.92. The van der Waals surface area contributed by atoms with Gasteiger partial charge >= 0.3 is 0 Å². The van der Waals surface area contributed by atoms with E-state index in [1.807, 2.05) is 31.2 Å². The summed E-state index contributed by atoms with van der Waals surface area (Å²) in [7, 11) is -2.57. The maximum atomic E-state index is 12.9. The van der Waals surface area contributed by atoms with Gasteiger partial charge in [-0.05, 0) is 37.1 Å². The van der Waals surface area contributed by atoms with E-state index in [2.05, 4.69) is 4.72 Å². The molecule has 0 aliphatic carbocycles. The highest BCUT2D eigenvalue weighted by atomic mass is 32.2. The zero-order valence-corrected chi connectivity index (χ0v) is 16.6. The van der Waals surface area contributed by atoms with Gasteiger partial charge in [-0.25, -0.2) is 13.1 Å². The minimum absolute atomic E-state index is 0.110. The molecule has 8 heteroatoms. The third kappa shape index (κ3) is 4.23. The number of ether oxygens (including phenoxy) is 1. The van der Waals surface area contributed by atoms with E-state index in [1.54, 1.807) is 0 Å². The van der Waals surface area contributed by atoms with E-state index < -0.39 is 10.0 Å². The van der Waals surface area contributed by atoms with Crippen molar-refractivity contribution in [3.8, 4) is 5.75 Å². The highest BCUT2D eigenvalue weighted by molar-refractivity contribution is 7.89. The molecule has 28 heavy (non-hydrogen) atoms. The maximum absolute atomic E-state index is 12.9. The first-order valence-corrected chi connectivity index (χ1v) is 10.4. The van der Waals surface area contributed by atoms with E-state index in [-0.39, 0.29) is 47.5 Å². The van der Waals surface area contributed by atoms with Gasteiger partial charge in [-0.2, -0.15) is 0 Å². The van der Waals surface area contributed by atoms with Gasteiger partial charge in [0.1, 0.15) is 10.6 Å². The molecule has 1 N–H and O–H groups in total. The number of amides is 2. The number of piperidine rings is 1. The van der Waals surface area contributed by atoms with E-state index in [0.717, 1.165) is 16.0 Å². The Morgan fingerprint density at radius 3 is 2.43 bits per heavy atom. The summed E-state index contributed by atoms with van der Waals surface area (Å²) < 4.78 is 33.5. The number of rotatable bonds is 6. The second kappa shape index (κ2) is 8.12. The first-order chi connectivity index (χ1) is 13.3. The number of hydrogen-bond donors (Lipinski definition) is 1. The number of hydrogen-bond acceptors (Lipinski definition) is 5. The summed E-state index contributed by atoms with van der Waals surface area (Å²) in [6.45, 7) is 2.04. The molecular weight excluding hydrogens is 380 g/mol. The van der Waals surface area contributed by atoms with Crippen LogP contribution >= 0.6 is 0 Å². The summed E-state index contributed by atoms with van der Waals surface area (Å²) in [5.74, 6) is -0.535. The first kappa shape index (κ1) is 20.0. The van der Waals surface area contributed by atoms with Crippen LogP contribution in [0.1, 0.15) is 30.4 Å². The third-order valence-corrected chi connectivity index (χ3v) is 5.95. The van der Waals surface area contributed by atoms with Crippen LogP contribution in [-0.4, -0.2) is 27.3 Å². The van der Waals surface area contributed by atoms with Crippen LogP contribution < -0.4 is 14.4 Å². The van der Waals surface area contributed by atoms with Gasteiger partial charge in [0.15, 0.2) is 0 Å². The van der Waals surface area contributed by atoms with Crippen molar-refractivity contribution in [3.63, 3.8) is 0 Å². The van der Waals surface area contributed by atoms with Crippen LogP contribution in [0.4, 0.5) is 5.69 Å². The molecule has 2 aromatic carbocycles. The molecule has 0 radical (unpaired) electrons. The molecule has 2 amide bonds. The first-order valence-electron chi connectivity index (χ1n) is 8.91. The SMILES string of the molecule is COc1ccc(N2C(=O)CCCC2=O)cc1S(=O)(=O)NCc1cccc(C)c1. The molecule has 0 atom stereocenters. The molecular formula is C20H22N2O5S. The molecule has 1 saturated heterocycles. The van der Waals surface area contributed by atoms with Crippen LogP contribution in [0.2, 0.25) is 0 Å². The number of anilines is 1. The number of carbonyl (C=O) groups excluding carboxylic acids is 2. The monoisotopic (exact) mass is 402 g/mol. The second-order valence-corrected chi connectivity index (χ2v) is 8.36. The average molecular weight is 402 g/mol. The Morgan fingerprint density at radius 2 is 1.79 bits per heavy atom. The van der Waals surface area contributed by atoms with Gasteiger partial charge in [0, 0.05) is 19.4 Å². The second-order valence-electron chi connectivity index (χ2n) is 6.63. The summed E-state index contributed by atoms with van der Waals surface area (Å²) in [6.07, 6.45) is 1.02. The number of carbonyl (C=O) groups is 2. The Hall–Kier alpha value is -2.71. The molecule has 2 aromatic rings. The lowest BCUT2D eigenvalue weighted by molar-refractivity contribution is -0.129. The van der Waals surface area contributed by atoms with Crippen LogP contribution in [0.5, 0.6) is 5.75 Å². The zero-order chi connectivity index (χ0) is 20.3. The van der Waals surface area contributed by atoms with Crippen molar-refractivity contribution in [2.75, 3.05) is 12.0 Å². The fourth-order valence-electron chi connectivity index (χ4n) is 3.13. The van der Waals surface area contributed by atoms with Crippen LogP contribution in [0, 0.1) is 6.92 Å². The smallest absolute Gasteiger partial charge is 0.244 e. The van der Waals surface area contributed by atoms with Gasteiger partial charge in [0.25, 0.3) is 0 Å². The molecule has 0 aromatic heterocycles. The minimum Gasteiger partial charge on any atom is -0.495 e. The molecule has 0 unspecified atom stereocenters. The highest BCUT2D eigenvalue weighted by Gasteiger charge is 2.29. The molecule has 148 valence electrons. The number of benzene rings is 2. The van der Waals surface area contributed by atoms with Gasteiger partial charge in [-0.3, -0.25) is 14.5 Å². The van der Waals surface area contributed by atoms with Crippen molar-refractivity contribution in [3.05, 3.63) is 53.6 Å². The number of sulfonamides is 1. The summed E-state index contributed by atoms with van der Waals surface area (Å²) in [5.41, 5.74) is 2.07. The van der Waals surface area contributed by atoms with Crippen LogP contribution in [0.15, 0.2) is 47.4 Å². The van der Waals surface area contributed by atoms with Crippen molar-refractivity contribution >= 4 is 27.5 Å². The fourth-order valence-corrected chi connectivity index (χ4v) is 4.34. The van der Waals surface area contributed by atoms with Crippen molar-refractivity contribution in [2.24, 2.45) is 0 Å². The number of aryl methyl sites for hydroxylation is 1. The lowest BCUT2D eigenvalue weighted by Gasteiger charge is -2.25. The number of nitrogens with one attached hydrogen (secondary N) is 1. The molecule has 1 aliphatic rings. The van der Waals surface area contributed by atoms with Crippen molar-refractivity contribution in [1.82, 2.24) is 4.72 Å². The topological polar surface area (TPSA) is 92.8 Å². The van der Waals surface area contributed by atoms with Gasteiger partial charge in [-0.15, -0.1) is 0 Å². The Bertz CT molecular complexity index is 1000. The molecule has 1 heterocycles. The predicted octanol–water partition coefficient (Wildman–Crippen LogP) is 2.53. The quantitative estimate of drug-likeness (QED) is 0.750. The summed E-state index contributed by atoms with van der Waals surface area (Å²) in [6, 6.07) is 11.8. The lowest BCUT2D eigenvalue weighted by atomic mass is 10.1. The predicted molar refractivity (Wildman–Crippen MR) is 105 cm³/mol. The minimum atomic E-state index is -3.93. The molecule has 1 aliphatic heterocycles. The standard InChI is InChI=1S/C20H22N2O5S/c1-14-5-3-6-15(11-14)13-21-28(25,26)18-12-16(9-10-17(18)27-2)22-19(23)7-4-8-20(22)24/h3,5-6,9-12,21H,4,7-8,13H2,1-2H3. The van der Waals surface area contributed by atoms with E-state index in [1.165, 1.54) is 25.3 Å². The molecule has 7 nitrogen and oxygen atoms in total. The van der Waals surface area contributed by atoms with Crippen LogP contribution in [0.3, 0.4) is 0 Å². The largest absolute Gasteiger partial charge is 0.495 e. The van der Waals surface area contributed by atoms with E-state index >= 15 is 0 Å². The van der Waals surface area contributed by atoms with Crippen molar-refractivity contribution < 1.29 is 22.7 Å². The molecule has 1 fully saturated rings. The molecule has 0 saturated carbocycles. The van der Waals surface area contributed by atoms with Crippen LogP contribution in [-0.2, 0) is 26.2 Å². The maximum Gasteiger partial charge on any atom is 0.244 e. The van der Waals surface area contributed by atoms with Crippen molar-refractivity contribution in [2.45, 2.75) is 37.6 Å². The fraction of sp³-hybridized carbons (Fsp3) is 0.300. The van der Waals surface area contributed by atoms with E-state index in [9.17, 15) is 18.0 Å². The summed E-state index contributed by atoms with van der Waals surface area (Å²) in [5, 5.41) is 0. The van der Waals surface area contributed by atoms with Crippen molar-refractivity contribution in [1.29, 1.82) is 0 Å². The Kier molecular flexibility index (Phi) is 5.81. The van der Waals surface area contributed by atoms with Gasteiger partial charge in [0.2, 0.25) is 21.8 Å². The molecule has 0 spiro atoms. The van der Waals surface area contributed by atoms with Gasteiger partial charge in [0.05, 0.1) is 12.8 Å². The summed E-state index contributed by atoms with van der Waals surface area (Å²) >= 11 is 0. The number of methoxy groups -OCH3 is 1. The van der Waals surface area contributed by atoms with Gasteiger partial charge in [-0.1, -0.05) is 29.8 Å². The molecule has 0 bridgehead atoms. The highest BCUT2D eigenvalue weighted by Crippen LogP contribution is 2.31. The summed E-state index contributed by atoms with van der Waals surface area (Å²) in [4.78, 5) is 25.3. The third-order valence-electron chi connectivity index (χ3n) is 4.52. The van der Waals surface area contributed by atoms with Crippen LogP contribution in [0.25, 0.3) is 0 Å². The van der Waals surface area contributed by atoms with E-state index in [4.69, 9.17) is 4.74 Å². The molecule has 3 rings (SSSR count). The normalized spacial score (nSPS) is 15.0. The number of nitrogens with zero attached hydrogens (tertiary/aromatic N) is 1. The van der Waals surface area contributed by atoms with Gasteiger partial charge < -0.3 is 4.74 Å². The van der Waals surface area contributed by atoms with E-state index in [0.29, 0.717) is 6.42 Å². The number of imide groups is 1. The Labute approximate surface area is 164 Å². The lowest BCUT2D eigenvalue weighted by Crippen LogP contribution is -2.40.